The lowest BCUT2D eigenvalue weighted by Gasteiger charge is -2.25. The van der Waals surface area contributed by atoms with Crippen LogP contribution < -0.4 is 11.1 Å². The van der Waals surface area contributed by atoms with Crippen LogP contribution in [-0.4, -0.2) is 49.8 Å². The summed E-state index contributed by atoms with van der Waals surface area (Å²) in [6, 6.07) is 4.94. The molecule has 3 amide bonds. The minimum absolute atomic E-state index is 0.141. The van der Waals surface area contributed by atoms with Gasteiger partial charge >= 0.3 is 12.0 Å². The topological polar surface area (TPSA) is 136 Å². The number of benzene rings is 1. The zero-order valence-corrected chi connectivity index (χ0v) is 15.8. The van der Waals surface area contributed by atoms with Gasteiger partial charge in [-0.05, 0) is 37.5 Å². The summed E-state index contributed by atoms with van der Waals surface area (Å²) in [4.78, 5) is 34.2. The zero-order valence-electron chi connectivity index (χ0n) is 15.0. The van der Waals surface area contributed by atoms with Crippen molar-refractivity contribution in [1.29, 1.82) is 0 Å². The van der Waals surface area contributed by atoms with Gasteiger partial charge in [-0.1, -0.05) is 18.6 Å². The smallest absolute Gasteiger partial charge is 0.318 e. The molecule has 148 valence electrons. The molecule has 0 radical (unpaired) electrons. The van der Waals surface area contributed by atoms with Crippen molar-refractivity contribution < 1.29 is 27.5 Å². The number of nitrogens with one attached hydrogen (secondary N) is 1. The van der Waals surface area contributed by atoms with Crippen molar-refractivity contribution in [3.63, 3.8) is 0 Å². The fraction of sp³-hybridized carbons (Fsp3) is 0.471. The fourth-order valence-electron chi connectivity index (χ4n) is 2.72. The summed E-state index contributed by atoms with van der Waals surface area (Å²) in [5.41, 5.74) is 5.37. The summed E-state index contributed by atoms with van der Waals surface area (Å²) in [5.74, 6) is -1.51. The molecule has 1 aliphatic rings. The molecule has 1 heterocycles. The molecule has 0 unspecified atom stereocenters. The maximum atomic E-state index is 12.6. The molecule has 0 spiro atoms. The summed E-state index contributed by atoms with van der Waals surface area (Å²) in [7, 11) is -3.53. The molecule has 1 aromatic rings. The molecule has 0 aliphatic carbocycles. The van der Waals surface area contributed by atoms with E-state index < -0.39 is 34.0 Å². The number of rotatable bonds is 6. The Bertz CT molecular complexity index is 800. The van der Waals surface area contributed by atoms with Gasteiger partial charge in [-0.2, -0.15) is 4.31 Å². The number of imide groups is 1. The van der Waals surface area contributed by atoms with E-state index in [1.165, 1.54) is 35.5 Å². The van der Waals surface area contributed by atoms with Gasteiger partial charge in [0.1, 0.15) is 0 Å². The lowest BCUT2D eigenvalue weighted by molar-refractivity contribution is -0.153. The second kappa shape index (κ2) is 8.96. The van der Waals surface area contributed by atoms with Crippen LogP contribution in [0.5, 0.6) is 0 Å². The molecule has 1 saturated heterocycles. The van der Waals surface area contributed by atoms with Crippen LogP contribution in [0.1, 0.15) is 31.7 Å². The molecule has 27 heavy (non-hydrogen) atoms. The average Bonchev–Trinajstić information content (AvgIpc) is 2.62. The highest BCUT2D eigenvalue weighted by molar-refractivity contribution is 7.89. The van der Waals surface area contributed by atoms with E-state index in [0.29, 0.717) is 18.7 Å². The number of ether oxygens (including phenoxy) is 1. The van der Waals surface area contributed by atoms with Gasteiger partial charge in [-0.3, -0.25) is 14.9 Å². The molecule has 1 aliphatic heterocycles. The number of amides is 3. The third-order valence-corrected chi connectivity index (χ3v) is 6.06. The van der Waals surface area contributed by atoms with Gasteiger partial charge in [-0.15, -0.1) is 0 Å². The molecule has 1 fully saturated rings. The third-order valence-electron chi connectivity index (χ3n) is 4.15. The number of esters is 1. The maximum absolute atomic E-state index is 12.6. The molecule has 9 nitrogen and oxygen atoms in total. The second-order valence-electron chi connectivity index (χ2n) is 6.27. The van der Waals surface area contributed by atoms with E-state index >= 15 is 0 Å². The lowest BCUT2D eigenvalue weighted by Crippen LogP contribution is -2.42. The summed E-state index contributed by atoms with van der Waals surface area (Å²) >= 11 is 0. The Kier molecular flexibility index (Phi) is 6.92. The third kappa shape index (κ3) is 5.76. The quantitative estimate of drug-likeness (QED) is 0.672. The van der Waals surface area contributed by atoms with Crippen LogP contribution in [0.2, 0.25) is 0 Å². The van der Waals surface area contributed by atoms with Crippen molar-refractivity contribution in [3.05, 3.63) is 29.8 Å². The number of hydrogen-bond acceptors (Lipinski definition) is 6. The molecule has 0 bridgehead atoms. The number of sulfonamides is 1. The van der Waals surface area contributed by atoms with E-state index in [1.807, 2.05) is 5.32 Å². The maximum Gasteiger partial charge on any atom is 0.318 e. The number of nitrogens with two attached hydrogens (primary N) is 1. The Morgan fingerprint density at radius 3 is 2.30 bits per heavy atom. The predicted octanol–water partition coefficient (Wildman–Crippen LogP) is 0.530. The first kappa shape index (κ1) is 20.8. The largest absolute Gasteiger partial charge is 0.452 e. The molecule has 10 heteroatoms. The van der Waals surface area contributed by atoms with Crippen molar-refractivity contribution >= 4 is 27.9 Å². The van der Waals surface area contributed by atoms with E-state index in [0.717, 1.165) is 19.3 Å². The normalized spacial score (nSPS) is 16.3. The van der Waals surface area contributed by atoms with Crippen LogP contribution >= 0.6 is 0 Å². The number of piperidine rings is 1. The lowest BCUT2D eigenvalue weighted by atomic mass is 10.1. The minimum Gasteiger partial charge on any atom is -0.452 e. The highest BCUT2D eigenvalue weighted by Gasteiger charge is 2.26. The highest BCUT2D eigenvalue weighted by Crippen LogP contribution is 2.21. The van der Waals surface area contributed by atoms with Crippen LogP contribution in [-0.2, 0) is 30.8 Å². The number of hydrogen-bond donors (Lipinski definition) is 2. The van der Waals surface area contributed by atoms with E-state index in [2.05, 4.69) is 0 Å². The van der Waals surface area contributed by atoms with Gasteiger partial charge in [0, 0.05) is 13.1 Å². The average molecular weight is 397 g/mol. The summed E-state index contributed by atoms with van der Waals surface area (Å²) < 4.78 is 31.6. The van der Waals surface area contributed by atoms with Crippen LogP contribution in [0.15, 0.2) is 29.2 Å². The van der Waals surface area contributed by atoms with E-state index in [4.69, 9.17) is 10.5 Å². The molecular formula is C17H23N3O6S. The van der Waals surface area contributed by atoms with Crippen molar-refractivity contribution in [3.8, 4) is 0 Å². The first-order valence-electron chi connectivity index (χ1n) is 8.59. The number of carbonyl (C=O) groups is 3. The van der Waals surface area contributed by atoms with E-state index in [9.17, 15) is 22.8 Å². The van der Waals surface area contributed by atoms with Crippen LogP contribution in [0.25, 0.3) is 0 Å². The summed E-state index contributed by atoms with van der Waals surface area (Å²) in [6.45, 7) is 2.34. The molecule has 1 aromatic carbocycles. The summed E-state index contributed by atoms with van der Waals surface area (Å²) in [6.07, 6.45) is 1.42. The highest BCUT2D eigenvalue weighted by atomic mass is 32.2. The molecule has 2 rings (SSSR count). The fourth-order valence-corrected chi connectivity index (χ4v) is 4.23. The first-order chi connectivity index (χ1) is 12.7. The van der Waals surface area contributed by atoms with Crippen LogP contribution in [0, 0.1) is 0 Å². The monoisotopic (exact) mass is 397 g/mol. The molecule has 3 N–H and O–H groups in total. The van der Waals surface area contributed by atoms with Gasteiger partial charge in [0.25, 0.3) is 5.91 Å². The van der Waals surface area contributed by atoms with E-state index in [1.54, 1.807) is 0 Å². The Balaban J connectivity index is 1.96. The Morgan fingerprint density at radius 2 is 1.74 bits per heavy atom. The number of nitrogens with zero attached hydrogens (tertiary/aromatic N) is 1. The Hall–Kier alpha value is -2.46. The minimum atomic E-state index is -3.53. The number of primary amides is 1. The van der Waals surface area contributed by atoms with Crippen LogP contribution in [0.3, 0.4) is 0 Å². The molecule has 1 atom stereocenters. The molecule has 0 aromatic heterocycles. The molecule has 0 saturated carbocycles. The van der Waals surface area contributed by atoms with Gasteiger partial charge in [-0.25, -0.2) is 13.2 Å². The van der Waals surface area contributed by atoms with Crippen molar-refractivity contribution in [2.45, 2.75) is 43.6 Å². The number of urea groups is 1. The second-order valence-corrected chi connectivity index (χ2v) is 8.21. The van der Waals surface area contributed by atoms with Gasteiger partial charge in [0.05, 0.1) is 11.3 Å². The Morgan fingerprint density at radius 1 is 1.15 bits per heavy atom. The SMILES string of the molecule is C[C@H](OC(=O)Cc1ccc(S(=O)(=O)N2CCCCC2)cc1)C(=O)NC(N)=O. The zero-order chi connectivity index (χ0) is 20.0. The molecular weight excluding hydrogens is 374 g/mol. The Labute approximate surface area is 157 Å². The summed E-state index contributed by atoms with van der Waals surface area (Å²) in [5, 5.41) is 1.82. The van der Waals surface area contributed by atoms with Gasteiger partial charge < -0.3 is 10.5 Å². The van der Waals surface area contributed by atoms with Gasteiger partial charge in [0.15, 0.2) is 6.10 Å². The number of carbonyl (C=O) groups excluding carboxylic acids is 3. The standard InChI is InChI=1S/C17H23N3O6S/c1-12(16(22)19-17(18)23)26-15(21)11-13-5-7-14(8-6-13)27(24,25)20-9-3-2-4-10-20/h5-8,12H,2-4,9-11H2,1H3,(H3,18,19,22,23)/t12-/m0/s1. The van der Waals surface area contributed by atoms with Gasteiger partial charge in [0.2, 0.25) is 10.0 Å². The first-order valence-corrected chi connectivity index (χ1v) is 10.0. The predicted molar refractivity (Wildman–Crippen MR) is 96.0 cm³/mol. The van der Waals surface area contributed by atoms with E-state index in [-0.39, 0.29) is 11.3 Å². The van der Waals surface area contributed by atoms with Crippen molar-refractivity contribution in [2.75, 3.05) is 13.1 Å². The van der Waals surface area contributed by atoms with Crippen LogP contribution in [0.4, 0.5) is 4.79 Å². The van der Waals surface area contributed by atoms with Crippen molar-refractivity contribution in [1.82, 2.24) is 9.62 Å². The van der Waals surface area contributed by atoms with Crippen molar-refractivity contribution in [2.24, 2.45) is 5.73 Å².